The topological polar surface area (TPSA) is 95.0 Å². The summed E-state index contributed by atoms with van der Waals surface area (Å²) in [5.74, 6) is 0.170. The maximum atomic E-state index is 13.4. The number of nitrogens with zero attached hydrogens (tertiary/aromatic N) is 3. The quantitative estimate of drug-likeness (QED) is 0.390. The Kier molecular flexibility index (Phi) is 10.0. The molecule has 0 radical (unpaired) electrons. The van der Waals surface area contributed by atoms with E-state index in [-0.39, 0.29) is 42.9 Å². The third-order valence-electron chi connectivity index (χ3n) is 7.04. The zero-order valence-electron chi connectivity index (χ0n) is 22.8. The molecule has 4 rings (SSSR count). The van der Waals surface area contributed by atoms with Crippen LogP contribution in [0.5, 0.6) is 5.75 Å². The highest BCUT2D eigenvalue weighted by atomic mass is 35.5. The Morgan fingerprint density at radius 3 is 2.62 bits per heavy atom. The number of hydrogen-bond acceptors (Lipinski definition) is 6. The van der Waals surface area contributed by atoms with Crippen LogP contribution >= 0.6 is 23.2 Å². The number of likely N-dealkylation sites (N-methyl/N-ethyl adjacent to an activating group) is 1. The minimum atomic E-state index is -0.347. The van der Waals surface area contributed by atoms with E-state index >= 15 is 0 Å². The lowest BCUT2D eigenvalue weighted by Gasteiger charge is -2.34. The van der Waals surface area contributed by atoms with Gasteiger partial charge in [-0.1, -0.05) is 36.2 Å². The number of benzene rings is 2. The van der Waals surface area contributed by atoms with Crippen LogP contribution in [-0.2, 0) is 17.8 Å². The summed E-state index contributed by atoms with van der Waals surface area (Å²) in [5.41, 5.74) is 2.72. The van der Waals surface area contributed by atoms with E-state index in [1.165, 1.54) is 0 Å². The fraction of sp³-hybridized carbons (Fsp3) is 0.367. The lowest BCUT2D eigenvalue weighted by molar-refractivity contribution is -0.134. The summed E-state index contributed by atoms with van der Waals surface area (Å²) in [6.45, 7) is 5.39. The molecule has 1 aliphatic heterocycles. The number of anilines is 1. The molecule has 8 nitrogen and oxygen atoms in total. The number of carbonyl (C=O) groups excluding carboxylic acids is 2. The van der Waals surface area contributed by atoms with Gasteiger partial charge in [-0.25, -0.2) is 0 Å². The largest absolute Gasteiger partial charge is 0.488 e. The molecule has 2 heterocycles. The lowest BCUT2D eigenvalue weighted by Crippen LogP contribution is -2.47. The normalized spacial score (nSPS) is 18.3. The smallest absolute Gasteiger partial charge is 0.255 e. The molecule has 0 saturated heterocycles. The second kappa shape index (κ2) is 13.5. The highest BCUT2D eigenvalue weighted by molar-refractivity contribution is 6.42. The molecular formula is C30H34Cl2N4O4. The average molecular weight is 586 g/mol. The molecule has 1 aliphatic rings. The summed E-state index contributed by atoms with van der Waals surface area (Å²) in [7, 11) is 2.00. The first-order valence-electron chi connectivity index (χ1n) is 13.2. The van der Waals surface area contributed by atoms with E-state index in [0.29, 0.717) is 52.2 Å². The SMILES string of the molecule is C[C@H](CO)N1C[C@H](C)[C@@H](CN(C)Cc2ccc(Cl)c(Cl)c2)Oc2ccc(NC(=O)c3ccncc3)cc2CC1=O. The van der Waals surface area contributed by atoms with Crippen molar-refractivity contribution in [1.82, 2.24) is 14.8 Å². The number of rotatable bonds is 8. The average Bonchev–Trinajstić information content (AvgIpc) is 2.98. The van der Waals surface area contributed by atoms with Gasteiger partial charge in [0.05, 0.1) is 29.1 Å². The minimum Gasteiger partial charge on any atom is -0.488 e. The maximum absolute atomic E-state index is 13.4. The summed E-state index contributed by atoms with van der Waals surface area (Å²) in [6, 6.07) is 13.9. The Balaban J connectivity index is 1.59. The van der Waals surface area contributed by atoms with Gasteiger partial charge in [0, 0.05) is 54.8 Å². The Hall–Kier alpha value is -3.17. The Bertz CT molecular complexity index is 1340. The van der Waals surface area contributed by atoms with E-state index in [9.17, 15) is 14.7 Å². The molecule has 212 valence electrons. The molecule has 0 unspecified atom stereocenters. The minimum absolute atomic E-state index is 0.0359. The molecular weight excluding hydrogens is 551 g/mol. The van der Waals surface area contributed by atoms with Gasteiger partial charge < -0.3 is 20.1 Å². The molecule has 3 aromatic rings. The number of ether oxygens (including phenoxy) is 1. The summed E-state index contributed by atoms with van der Waals surface area (Å²) < 4.78 is 6.58. The summed E-state index contributed by atoms with van der Waals surface area (Å²) in [4.78, 5) is 34.0. The Morgan fingerprint density at radius 2 is 1.93 bits per heavy atom. The highest BCUT2D eigenvalue weighted by Crippen LogP contribution is 2.30. The number of aromatic nitrogens is 1. The third-order valence-corrected chi connectivity index (χ3v) is 7.78. The van der Waals surface area contributed by atoms with Gasteiger partial charge in [0.25, 0.3) is 5.91 Å². The van der Waals surface area contributed by atoms with E-state index in [1.807, 2.05) is 26.1 Å². The van der Waals surface area contributed by atoms with Crippen molar-refractivity contribution in [1.29, 1.82) is 0 Å². The van der Waals surface area contributed by atoms with Crippen molar-refractivity contribution in [3.63, 3.8) is 0 Å². The fourth-order valence-electron chi connectivity index (χ4n) is 4.75. The first-order valence-corrected chi connectivity index (χ1v) is 13.9. The molecule has 2 N–H and O–H groups in total. The van der Waals surface area contributed by atoms with E-state index in [0.717, 1.165) is 5.56 Å². The predicted molar refractivity (Wildman–Crippen MR) is 157 cm³/mol. The molecule has 0 spiro atoms. The van der Waals surface area contributed by atoms with Crippen LogP contribution in [0.3, 0.4) is 0 Å². The second-order valence-electron chi connectivity index (χ2n) is 10.3. The first kappa shape index (κ1) is 29.8. The van der Waals surface area contributed by atoms with Gasteiger partial charge in [-0.3, -0.25) is 19.5 Å². The number of pyridine rings is 1. The van der Waals surface area contributed by atoms with Crippen molar-refractivity contribution in [3.8, 4) is 5.75 Å². The van der Waals surface area contributed by atoms with Crippen LogP contribution in [0.1, 0.15) is 35.3 Å². The van der Waals surface area contributed by atoms with E-state index in [2.05, 4.69) is 22.1 Å². The Morgan fingerprint density at radius 1 is 1.18 bits per heavy atom. The molecule has 0 saturated carbocycles. The molecule has 0 bridgehead atoms. The molecule has 10 heteroatoms. The third kappa shape index (κ3) is 7.52. The van der Waals surface area contributed by atoms with Crippen LogP contribution in [0.2, 0.25) is 10.0 Å². The number of aliphatic hydroxyl groups is 1. The molecule has 40 heavy (non-hydrogen) atoms. The molecule has 3 atom stereocenters. The monoisotopic (exact) mass is 584 g/mol. The number of amides is 2. The van der Waals surface area contributed by atoms with Crippen molar-refractivity contribution < 1.29 is 19.4 Å². The molecule has 1 aromatic heterocycles. The van der Waals surface area contributed by atoms with Crippen molar-refractivity contribution in [2.24, 2.45) is 5.92 Å². The van der Waals surface area contributed by atoms with E-state index in [1.54, 1.807) is 53.7 Å². The van der Waals surface area contributed by atoms with Crippen LogP contribution in [0.25, 0.3) is 0 Å². The Labute approximate surface area is 244 Å². The van der Waals surface area contributed by atoms with Crippen molar-refractivity contribution >= 4 is 40.7 Å². The van der Waals surface area contributed by atoms with E-state index < -0.39 is 0 Å². The van der Waals surface area contributed by atoms with Crippen LogP contribution in [0.15, 0.2) is 60.9 Å². The van der Waals surface area contributed by atoms with E-state index in [4.69, 9.17) is 27.9 Å². The van der Waals surface area contributed by atoms with Gasteiger partial charge in [0.2, 0.25) is 5.91 Å². The van der Waals surface area contributed by atoms with Gasteiger partial charge in [0.15, 0.2) is 0 Å². The van der Waals surface area contributed by atoms with Gasteiger partial charge >= 0.3 is 0 Å². The maximum Gasteiger partial charge on any atom is 0.255 e. The highest BCUT2D eigenvalue weighted by Gasteiger charge is 2.31. The first-order chi connectivity index (χ1) is 19.1. The lowest BCUT2D eigenvalue weighted by atomic mass is 10.0. The van der Waals surface area contributed by atoms with Gasteiger partial charge in [-0.15, -0.1) is 0 Å². The zero-order valence-corrected chi connectivity index (χ0v) is 24.3. The summed E-state index contributed by atoms with van der Waals surface area (Å²) in [6.07, 6.45) is 2.94. The number of nitrogens with one attached hydrogen (secondary N) is 1. The van der Waals surface area contributed by atoms with Crippen molar-refractivity contribution in [2.45, 2.75) is 39.0 Å². The molecule has 0 aliphatic carbocycles. The zero-order chi connectivity index (χ0) is 28.8. The molecule has 2 amide bonds. The molecule has 2 aromatic carbocycles. The fourth-order valence-corrected chi connectivity index (χ4v) is 5.07. The van der Waals surface area contributed by atoms with Crippen LogP contribution in [0, 0.1) is 5.92 Å². The summed E-state index contributed by atoms with van der Waals surface area (Å²) in [5, 5.41) is 13.8. The predicted octanol–water partition coefficient (Wildman–Crippen LogP) is 4.92. The molecule has 0 fully saturated rings. The van der Waals surface area contributed by atoms with Crippen molar-refractivity contribution in [2.75, 3.05) is 32.1 Å². The standard InChI is InChI=1S/C30H34Cl2N4O4/c1-19-15-36(20(2)18-37)29(38)14-23-13-24(34-30(39)22-8-10-33-11-9-22)5-7-27(23)40-28(19)17-35(3)16-21-4-6-25(31)26(32)12-21/h4-13,19-20,28,37H,14-18H2,1-3H3,(H,34,39)/t19-,20+,28+/m0/s1. The van der Waals surface area contributed by atoms with Crippen molar-refractivity contribution in [3.05, 3.63) is 87.7 Å². The number of carbonyl (C=O) groups is 2. The number of halogens is 2. The van der Waals surface area contributed by atoms with Gasteiger partial charge in [-0.2, -0.15) is 0 Å². The number of fused-ring (bicyclic) bond motifs is 1. The van der Waals surface area contributed by atoms with Gasteiger partial charge in [-0.05, 0) is 62.0 Å². The summed E-state index contributed by atoms with van der Waals surface area (Å²) >= 11 is 12.3. The number of aliphatic hydroxyl groups excluding tert-OH is 1. The second-order valence-corrected chi connectivity index (χ2v) is 11.2. The van der Waals surface area contributed by atoms with Crippen LogP contribution < -0.4 is 10.1 Å². The van der Waals surface area contributed by atoms with Crippen LogP contribution in [-0.4, -0.2) is 70.6 Å². The van der Waals surface area contributed by atoms with Crippen LogP contribution in [0.4, 0.5) is 5.69 Å². The number of hydrogen-bond donors (Lipinski definition) is 2. The van der Waals surface area contributed by atoms with Gasteiger partial charge in [0.1, 0.15) is 11.9 Å².